The number of rotatable bonds is 2. The molecule has 2 aliphatic heterocycles. The van der Waals surface area contributed by atoms with E-state index in [1.807, 2.05) is 18.2 Å². The van der Waals surface area contributed by atoms with Crippen LogP contribution in [0.1, 0.15) is 34.3 Å². The molecule has 1 aliphatic carbocycles. The van der Waals surface area contributed by atoms with E-state index >= 15 is 0 Å². The number of benzene rings is 2. The zero-order valence-electron chi connectivity index (χ0n) is 15.7. The van der Waals surface area contributed by atoms with Crippen LogP contribution in [0.3, 0.4) is 0 Å². The number of dihydropyridines is 1. The number of nitrogens with one attached hydrogen (secondary N) is 1. The summed E-state index contributed by atoms with van der Waals surface area (Å²) in [5, 5.41) is 3.62. The van der Waals surface area contributed by atoms with Crippen LogP contribution in [0.15, 0.2) is 53.2 Å². The highest BCUT2D eigenvalue weighted by molar-refractivity contribution is 6.32. The number of esters is 1. The number of hydrogen-bond donors (Lipinski definition) is 1. The molecular weight excluding hydrogens is 394 g/mol. The van der Waals surface area contributed by atoms with Crippen molar-refractivity contribution in [3.05, 3.63) is 75.0 Å². The summed E-state index contributed by atoms with van der Waals surface area (Å²) in [6.45, 7) is 1.88. The van der Waals surface area contributed by atoms with E-state index < -0.39 is 11.9 Å². The Bertz CT molecular complexity index is 1160. The Hall–Kier alpha value is -3.25. The van der Waals surface area contributed by atoms with Gasteiger partial charge >= 0.3 is 5.97 Å². The highest BCUT2D eigenvalue weighted by atomic mass is 35.5. The second-order valence-corrected chi connectivity index (χ2v) is 7.39. The van der Waals surface area contributed by atoms with Gasteiger partial charge < -0.3 is 19.5 Å². The van der Waals surface area contributed by atoms with Crippen LogP contribution in [0.2, 0.25) is 5.02 Å². The fourth-order valence-electron chi connectivity index (χ4n) is 4.17. The SMILES string of the molecule is COC(=O)C1=C(C)NC2=C(C(=O)c3ccccc32)C1c1cc2c(cc1Cl)OCO2. The minimum Gasteiger partial charge on any atom is -0.466 e. The van der Waals surface area contributed by atoms with Crippen molar-refractivity contribution in [2.45, 2.75) is 12.8 Å². The number of carbonyl (C=O) groups excluding carboxylic acids is 2. The molecular formula is C22H16ClNO5. The molecule has 3 aliphatic rings. The number of carbonyl (C=O) groups is 2. The van der Waals surface area contributed by atoms with Gasteiger partial charge in [0.05, 0.1) is 24.3 Å². The van der Waals surface area contributed by atoms with Crippen LogP contribution in [0.25, 0.3) is 5.70 Å². The van der Waals surface area contributed by atoms with Crippen molar-refractivity contribution in [3.63, 3.8) is 0 Å². The molecule has 0 amide bonds. The smallest absolute Gasteiger partial charge is 0.336 e. The van der Waals surface area contributed by atoms with E-state index in [1.54, 1.807) is 25.1 Å². The van der Waals surface area contributed by atoms with Crippen LogP contribution >= 0.6 is 11.6 Å². The fourth-order valence-corrected chi connectivity index (χ4v) is 4.44. The summed E-state index contributed by atoms with van der Waals surface area (Å²) in [7, 11) is 1.32. The van der Waals surface area contributed by atoms with E-state index in [4.69, 9.17) is 25.8 Å². The molecule has 2 aromatic carbocycles. The second-order valence-electron chi connectivity index (χ2n) is 6.98. The molecule has 7 heteroatoms. The first-order valence-electron chi connectivity index (χ1n) is 9.04. The predicted molar refractivity (Wildman–Crippen MR) is 106 cm³/mol. The summed E-state index contributed by atoms with van der Waals surface area (Å²) in [6.07, 6.45) is 0. The van der Waals surface area contributed by atoms with Crippen LogP contribution in [0.5, 0.6) is 11.5 Å². The van der Waals surface area contributed by atoms with E-state index in [0.717, 1.165) is 5.56 Å². The van der Waals surface area contributed by atoms with E-state index in [2.05, 4.69) is 5.32 Å². The van der Waals surface area contributed by atoms with Gasteiger partial charge in [0.15, 0.2) is 17.3 Å². The van der Waals surface area contributed by atoms with Crippen molar-refractivity contribution < 1.29 is 23.8 Å². The van der Waals surface area contributed by atoms with Gasteiger partial charge in [0.1, 0.15) is 0 Å². The van der Waals surface area contributed by atoms with Gasteiger partial charge in [-0.05, 0) is 18.6 Å². The summed E-state index contributed by atoms with van der Waals surface area (Å²) >= 11 is 6.59. The zero-order valence-corrected chi connectivity index (χ0v) is 16.4. The molecule has 0 fully saturated rings. The number of ketones is 1. The highest BCUT2D eigenvalue weighted by Gasteiger charge is 2.43. The predicted octanol–water partition coefficient (Wildman–Crippen LogP) is 3.81. The fraction of sp³-hybridized carbons (Fsp3) is 0.182. The van der Waals surface area contributed by atoms with Gasteiger partial charge in [-0.2, -0.15) is 0 Å². The lowest BCUT2D eigenvalue weighted by molar-refractivity contribution is -0.136. The summed E-state index contributed by atoms with van der Waals surface area (Å²) in [5.74, 6) is -0.307. The van der Waals surface area contributed by atoms with Crippen LogP contribution in [-0.2, 0) is 9.53 Å². The molecule has 0 aromatic heterocycles. The lowest BCUT2D eigenvalue weighted by Gasteiger charge is -2.29. The second kappa shape index (κ2) is 6.39. The molecule has 1 atom stereocenters. The minimum absolute atomic E-state index is 0.0956. The molecule has 5 rings (SSSR count). The quantitative estimate of drug-likeness (QED) is 0.760. The van der Waals surface area contributed by atoms with Crippen LogP contribution in [0, 0.1) is 0 Å². The summed E-state index contributed by atoms with van der Waals surface area (Å²) in [6, 6.07) is 10.7. The third kappa shape index (κ3) is 2.49. The number of halogens is 1. The van der Waals surface area contributed by atoms with Crippen LogP contribution in [0.4, 0.5) is 0 Å². The van der Waals surface area contributed by atoms with E-state index in [9.17, 15) is 9.59 Å². The van der Waals surface area contributed by atoms with Gasteiger partial charge in [0.25, 0.3) is 0 Å². The molecule has 0 radical (unpaired) electrons. The first-order chi connectivity index (χ1) is 14.0. The third-order valence-electron chi connectivity index (χ3n) is 5.46. The number of fused-ring (bicyclic) bond motifs is 3. The zero-order chi connectivity index (χ0) is 20.3. The average molecular weight is 410 g/mol. The Labute approximate surface area is 171 Å². The monoisotopic (exact) mass is 409 g/mol. The number of ether oxygens (including phenoxy) is 3. The molecule has 1 unspecified atom stereocenters. The molecule has 2 aromatic rings. The van der Waals surface area contributed by atoms with Gasteiger partial charge in [-0.15, -0.1) is 0 Å². The molecule has 6 nitrogen and oxygen atoms in total. The molecule has 29 heavy (non-hydrogen) atoms. The van der Waals surface area contributed by atoms with E-state index in [0.29, 0.717) is 50.2 Å². The van der Waals surface area contributed by atoms with Crippen molar-refractivity contribution in [3.8, 4) is 11.5 Å². The lowest BCUT2D eigenvalue weighted by atomic mass is 9.79. The normalized spacial score (nSPS) is 19.1. The van der Waals surface area contributed by atoms with Crippen molar-refractivity contribution in [2.75, 3.05) is 13.9 Å². The van der Waals surface area contributed by atoms with Crippen molar-refractivity contribution in [1.29, 1.82) is 0 Å². The average Bonchev–Trinajstić information content (AvgIpc) is 3.28. The van der Waals surface area contributed by atoms with Gasteiger partial charge in [-0.25, -0.2) is 4.79 Å². The minimum atomic E-state index is -0.694. The van der Waals surface area contributed by atoms with Gasteiger partial charge in [0, 0.05) is 33.5 Å². The lowest BCUT2D eigenvalue weighted by Crippen LogP contribution is -2.29. The van der Waals surface area contributed by atoms with Crippen molar-refractivity contribution >= 4 is 29.1 Å². The number of hydrogen-bond acceptors (Lipinski definition) is 6. The first-order valence-corrected chi connectivity index (χ1v) is 9.42. The maximum atomic E-state index is 13.4. The van der Waals surface area contributed by atoms with Crippen molar-refractivity contribution in [2.24, 2.45) is 0 Å². The summed E-state index contributed by atoms with van der Waals surface area (Å²) < 4.78 is 15.9. The van der Waals surface area contributed by atoms with Crippen molar-refractivity contribution in [1.82, 2.24) is 5.32 Å². The number of allylic oxidation sites excluding steroid dienone is 2. The molecule has 0 bridgehead atoms. The van der Waals surface area contributed by atoms with Gasteiger partial charge in [-0.1, -0.05) is 35.9 Å². The topological polar surface area (TPSA) is 73.9 Å². The Morgan fingerprint density at radius 1 is 1.17 bits per heavy atom. The molecule has 0 saturated heterocycles. The molecule has 0 spiro atoms. The Morgan fingerprint density at radius 3 is 2.59 bits per heavy atom. The molecule has 146 valence electrons. The standard InChI is InChI=1S/C22H16ClNO5/c1-10-17(22(26)27-2)18(13-7-15-16(8-14(13)23)29-9-28-15)19-20(24-10)11-5-3-4-6-12(11)21(19)25/h3-8,18,24H,9H2,1-2H3. The van der Waals surface area contributed by atoms with Crippen LogP contribution in [-0.4, -0.2) is 25.7 Å². The maximum absolute atomic E-state index is 13.4. The Balaban J connectivity index is 1.77. The van der Waals surface area contributed by atoms with E-state index in [1.165, 1.54) is 7.11 Å². The van der Waals surface area contributed by atoms with Gasteiger partial charge in [0.2, 0.25) is 6.79 Å². The molecule has 2 heterocycles. The Kier molecular flexibility index (Phi) is 3.93. The Morgan fingerprint density at radius 2 is 1.86 bits per heavy atom. The molecule has 0 saturated carbocycles. The third-order valence-corrected chi connectivity index (χ3v) is 5.78. The number of Topliss-reactive ketones (excluding diaryl/α,β-unsaturated/α-hetero) is 1. The van der Waals surface area contributed by atoms with Gasteiger partial charge in [-0.3, -0.25) is 4.79 Å². The maximum Gasteiger partial charge on any atom is 0.336 e. The first kappa shape index (κ1) is 17.8. The van der Waals surface area contributed by atoms with E-state index in [-0.39, 0.29) is 12.6 Å². The largest absolute Gasteiger partial charge is 0.466 e. The summed E-state index contributed by atoms with van der Waals surface area (Å²) in [4.78, 5) is 26.1. The number of methoxy groups -OCH3 is 1. The summed E-state index contributed by atoms with van der Waals surface area (Å²) in [5.41, 5.74) is 4.09. The molecule has 1 N–H and O–H groups in total. The van der Waals surface area contributed by atoms with Crippen LogP contribution < -0.4 is 14.8 Å². The highest BCUT2D eigenvalue weighted by Crippen LogP contribution is 2.50.